The number of hydrogen-bond donors (Lipinski definition) is 1. The maximum atomic E-state index is 11.6. The zero-order valence-corrected chi connectivity index (χ0v) is 11.9. The van der Waals surface area contributed by atoms with Crippen LogP contribution in [0.5, 0.6) is 0 Å². The van der Waals surface area contributed by atoms with Crippen LogP contribution in [0, 0.1) is 0 Å². The van der Waals surface area contributed by atoms with Crippen molar-refractivity contribution in [2.75, 3.05) is 6.61 Å². The molecule has 0 aliphatic heterocycles. The first-order chi connectivity index (χ1) is 8.38. The van der Waals surface area contributed by atoms with E-state index >= 15 is 0 Å². The first-order valence-corrected chi connectivity index (χ1v) is 6.43. The van der Waals surface area contributed by atoms with Crippen LogP contribution in [-0.4, -0.2) is 23.4 Å². The molecule has 1 aromatic carbocycles. The molecule has 1 rings (SSSR count). The molecule has 0 spiro atoms. The molecule has 0 heterocycles. The highest BCUT2D eigenvalue weighted by atomic mass is 32.1. The van der Waals surface area contributed by atoms with E-state index in [0.29, 0.717) is 6.61 Å². The predicted molar refractivity (Wildman–Crippen MR) is 74.7 cm³/mol. The Hall–Kier alpha value is -1.00. The summed E-state index contributed by atoms with van der Waals surface area (Å²) >= 11 is 4.18. The smallest absolute Gasteiger partial charge is 0.321 e. The van der Waals surface area contributed by atoms with E-state index in [1.807, 2.05) is 51.1 Å². The minimum absolute atomic E-state index is 0.243. The summed E-state index contributed by atoms with van der Waals surface area (Å²) in [4.78, 5) is 11.6. The van der Waals surface area contributed by atoms with E-state index < -0.39 is 10.9 Å². The molecule has 1 unspecified atom stereocenters. The Morgan fingerprint density at radius 3 is 2.44 bits per heavy atom. The third-order valence-corrected chi connectivity index (χ3v) is 2.43. The van der Waals surface area contributed by atoms with E-state index in [0.717, 1.165) is 5.56 Å². The fraction of sp³-hybridized carbons (Fsp3) is 0.500. The molecule has 0 amide bonds. The molecule has 1 aromatic rings. The van der Waals surface area contributed by atoms with E-state index in [4.69, 9.17) is 9.47 Å². The molecule has 4 heteroatoms. The van der Waals surface area contributed by atoms with Gasteiger partial charge in [0.15, 0.2) is 0 Å². The van der Waals surface area contributed by atoms with Crippen molar-refractivity contribution in [3.8, 4) is 0 Å². The maximum absolute atomic E-state index is 11.6. The van der Waals surface area contributed by atoms with Gasteiger partial charge in [0, 0.05) is 0 Å². The first kappa shape index (κ1) is 15.1. The molecule has 0 saturated carbocycles. The number of thiol groups is 1. The SMILES string of the molecule is CC(C)(C)OC(=O)C(S)COCc1ccccc1. The van der Waals surface area contributed by atoms with Crippen molar-refractivity contribution in [2.45, 2.75) is 38.2 Å². The summed E-state index contributed by atoms with van der Waals surface area (Å²) in [5, 5.41) is -0.548. The van der Waals surface area contributed by atoms with E-state index in [1.165, 1.54) is 0 Å². The lowest BCUT2D eigenvalue weighted by atomic mass is 10.2. The van der Waals surface area contributed by atoms with E-state index in [9.17, 15) is 4.79 Å². The zero-order valence-electron chi connectivity index (χ0n) is 11.1. The van der Waals surface area contributed by atoms with Crippen LogP contribution in [0.4, 0.5) is 0 Å². The monoisotopic (exact) mass is 268 g/mol. The number of benzene rings is 1. The van der Waals surface area contributed by atoms with Gasteiger partial charge in [0.25, 0.3) is 0 Å². The van der Waals surface area contributed by atoms with Crippen molar-refractivity contribution in [3.05, 3.63) is 35.9 Å². The molecule has 0 aliphatic rings. The highest BCUT2D eigenvalue weighted by molar-refractivity contribution is 7.81. The molecule has 0 radical (unpaired) electrons. The third kappa shape index (κ3) is 6.07. The normalized spacial score (nSPS) is 13.1. The first-order valence-electron chi connectivity index (χ1n) is 5.91. The van der Waals surface area contributed by atoms with Crippen molar-refractivity contribution in [3.63, 3.8) is 0 Å². The van der Waals surface area contributed by atoms with Crippen molar-refractivity contribution < 1.29 is 14.3 Å². The molecule has 1 atom stereocenters. The van der Waals surface area contributed by atoms with Crippen LogP contribution in [-0.2, 0) is 20.9 Å². The van der Waals surface area contributed by atoms with Gasteiger partial charge in [-0.3, -0.25) is 4.79 Å². The van der Waals surface area contributed by atoms with Gasteiger partial charge in [-0.15, -0.1) is 0 Å². The van der Waals surface area contributed by atoms with E-state index in [-0.39, 0.29) is 12.6 Å². The molecule has 0 aromatic heterocycles. The van der Waals surface area contributed by atoms with Gasteiger partial charge < -0.3 is 9.47 Å². The molecule has 0 N–H and O–H groups in total. The summed E-state index contributed by atoms with van der Waals surface area (Å²) in [6, 6.07) is 9.79. The average Bonchev–Trinajstić information content (AvgIpc) is 2.28. The molecule has 3 nitrogen and oxygen atoms in total. The summed E-state index contributed by atoms with van der Waals surface area (Å²) in [5.41, 5.74) is 0.583. The van der Waals surface area contributed by atoms with Gasteiger partial charge in [0.05, 0.1) is 13.2 Å². The second-order valence-corrected chi connectivity index (χ2v) is 5.67. The number of rotatable bonds is 5. The summed E-state index contributed by atoms with van der Waals surface area (Å²) in [6.07, 6.45) is 0. The summed E-state index contributed by atoms with van der Waals surface area (Å²) in [5.74, 6) is -0.348. The third-order valence-electron chi connectivity index (χ3n) is 2.07. The topological polar surface area (TPSA) is 35.5 Å². The fourth-order valence-electron chi connectivity index (χ4n) is 1.30. The van der Waals surface area contributed by atoms with Crippen LogP contribution < -0.4 is 0 Å². The molecule has 0 aliphatic carbocycles. The lowest BCUT2D eigenvalue weighted by molar-refractivity contribution is -0.155. The van der Waals surface area contributed by atoms with Crippen molar-refractivity contribution in [1.82, 2.24) is 0 Å². The quantitative estimate of drug-likeness (QED) is 0.659. The number of carbonyl (C=O) groups is 1. The second kappa shape index (κ2) is 6.81. The van der Waals surface area contributed by atoms with E-state index in [2.05, 4.69) is 12.6 Å². The highest BCUT2D eigenvalue weighted by Crippen LogP contribution is 2.11. The molecule has 0 fully saturated rings. The summed E-state index contributed by atoms with van der Waals surface area (Å²) in [7, 11) is 0. The Kier molecular flexibility index (Phi) is 5.69. The molecule has 18 heavy (non-hydrogen) atoms. The molecular formula is C14H20O3S. The van der Waals surface area contributed by atoms with Crippen LogP contribution in [0.3, 0.4) is 0 Å². The lowest BCUT2D eigenvalue weighted by Gasteiger charge is -2.21. The summed E-state index contributed by atoms with van der Waals surface area (Å²) in [6.45, 7) is 6.20. The van der Waals surface area contributed by atoms with Crippen molar-refractivity contribution in [2.24, 2.45) is 0 Å². The molecular weight excluding hydrogens is 248 g/mol. The minimum atomic E-state index is -0.548. The molecule has 0 bridgehead atoms. The van der Waals surface area contributed by atoms with E-state index in [1.54, 1.807) is 0 Å². The van der Waals surface area contributed by atoms with Gasteiger partial charge in [0.1, 0.15) is 10.9 Å². The number of carbonyl (C=O) groups excluding carboxylic acids is 1. The van der Waals surface area contributed by atoms with Gasteiger partial charge in [-0.25, -0.2) is 0 Å². The zero-order chi connectivity index (χ0) is 13.6. The number of esters is 1. The van der Waals surface area contributed by atoms with Crippen LogP contribution in [0.2, 0.25) is 0 Å². The predicted octanol–water partition coefficient (Wildman–Crippen LogP) is 2.84. The van der Waals surface area contributed by atoms with Gasteiger partial charge in [0.2, 0.25) is 0 Å². The van der Waals surface area contributed by atoms with Crippen LogP contribution in [0.1, 0.15) is 26.3 Å². The Morgan fingerprint density at radius 1 is 1.28 bits per heavy atom. The molecule has 100 valence electrons. The Morgan fingerprint density at radius 2 is 1.89 bits per heavy atom. The van der Waals surface area contributed by atoms with Crippen molar-refractivity contribution >= 4 is 18.6 Å². The fourth-order valence-corrected chi connectivity index (χ4v) is 1.46. The Balaban J connectivity index is 2.29. The Labute approximate surface area is 114 Å². The molecule has 0 saturated heterocycles. The lowest BCUT2D eigenvalue weighted by Crippen LogP contribution is -2.31. The van der Waals surface area contributed by atoms with Gasteiger partial charge >= 0.3 is 5.97 Å². The van der Waals surface area contributed by atoms with Gasteiger partial charge in [-0.05, 0) is 26.3 Å². The largest absolute Gasteiger partial charge is 0.459 e. The van der Waals surface area contributed by atoms with Gasteiger partial charge in [-0.2, -0.15) is 12.6 Å². The highest BCUT2D eigenvalue weighted by Gasteiger charge is 2.22. The minimum Gasteiger partial charge on any atom is -0.459 e. The van der Waals surface area contributed by atoms with Crippen LogP contribution in [0.25, 0.3) is 0 Å². The second-order valence-electron chi connectivity index (χ2n) is 5.05. The Bertz CT molecular complexity index is 370. The average molecular weight is 268 g/mol. The van der Waals surface area contributed by atoms with Crippen molar-refractivity contribution in [1.29, 1.82) is 0 Å². The van der Waals surface area contributed by atoms with Crippen LogP contribution >= 0.6 is 12.6 Å². The number of hydrogen-bond acceptors (Lipinski definition) is 4. The van der Waals surface area contributed by atoms with Crippen LogP contribution in [0.15, 0.2) is 30.3 Å². The summed E-state index contributed by atoms with van der Waals surface area (Å²) < 4.78 is 10.6. The maximum Gasteiger partial charge on any atom is 0.321 e. The van der Waals surface area contributed by atoms with Gasteiger partial charge in [-0.1, -0.05) is 30.3 Å². The standard InChI is InChI=1S/C14H20O3S/c1-14(2,3)17-13(15)12(18)10-16-9-11-7-5-4-6-8-11/h4-8,12,18H,9-10H2,1-3H3. The number of ether oxygens (including phenoxy) is 2.